The monoisotopic (exact) mass is 269 g/mol. The molecule has 0 unspecified atom stereocenters. The van der Waals surface area contributed by atoms with Crippen LogP contribution < -0.4 is 0 Å². The summed E-state index contributed by atoms with van der Waals surface area (Å²) in [5, 5.41) is 0. The maximum atomic E-state index is 12.5. The van der Waals surface area contributed by atoms with Crippen molar-refractivity contribution in [3.63, 3.8) is 0 Å². The minimum Gasteiger partial charge on any atom is -0.465 e. The van der Waals surface area contributed by atoms with Crippen molar-refractivity contribution in [3.8, 4) is 0 Å². The van der Waals surface area contributed by atoms with Gasteiger partial charge in [0, 0.05) is 24.4 Å². The molecular weight excluding hydrogens is 258 g/mol. The van der Waals surface area contributed by atoms with Crippen LogP contribution in [0, 0.1) is 0 Å². The molecule has 5 nitrogen and oxygen atoms in total. The molecule has 0 N–H and O–H groups in total. The Morgan fingerprint density at radius 1 is 1.10 bits per heavy atom. The van der Waals surface area contributed by atoms with Crippen LogP contribution in [0.4, 0.5) is 0 Å². The minimum atomic E-state index is -0.623. The topological polar surface area (TPSA) is 65.4 Å². The highest BCUT2D eigenvalue weighted by Crippen LogP contribution is 2.30. The number of methoxy groups -OCH3 is 1. The van der Waals surface area contributed by atoms with Crippen molar-refractivity contribution in [1.29, 1.82) is 0 Å². The molecule has 2 aromatic rings. The predicted molar refractivity (Wildman–Crippen MR) is 70.1 cm³/mol. The molecule has 1 aromatic carbocycles. The number of ether oxygens (including phenoxy) is 1. The molecule has 1 aliphatic rings. The quantitative estimate of drug-likeness (QED) is 0.629. The number of aryl methyl sites for hydroxylation is 1. The van der Waals surface area contributed by atoms with E-state index in [9.17, 15) is 14.4 Å². The summed E-state index contributed by atoms with van der Waals surface area (Å²) < 4.78 is 6.17. The summed E-state index contributed by atoms with van der Waals surface area (Å²) in [5.74, 6) is -1.20. The summed E-state index contributed by atoms with van der Waals surface area (Å²) >= 11 is 0. The van der Waals surface area contributed by atoms with Crippen LogP contribution in [0.15, 0.2) is 30.5 Å². The second kappa shape index (κ2) is 4.16. The maximum absolute atomic E-state index is 12.5. The fourth-order valence-electron chi connectivity index (χ4n) is 2.54. The zero-order chi connectivity index (χ0) is 14.4. The molecular formula is C15H11NO4. The molecule has 20 heavy (non-hydrogen) atoms. The number of rotatable bonds is 1. The number of hydrogen-bond donors (Lipinski definition) is 0. The second-order valence-electron chi connectivity index (χ2n) is 4.57. The van der Waals surface area contributed by atoms with Crippen LogP contribution in [-0.2, 0) is 11.8 Å². The predicted octanol–water partition coefficient (Wildman–Crippen LogP) is 1.59. The molecule has 5 heteroatoms. The highest BCUT2D eigenvalue weighted by Gasteiger charge is 2.36. The van der Waals surface area contributed by atoms with E-state index in [1.165, 1.54) is 17.9 Å². The summed E-state index contributed by atoms with van der Waals surface area (Å²) in [6.45, 7) is 0. The Kier molecular flexibility index (Phi) is 2.57. The van der Waals surface area contributed by atoms with Gasteiger partial charge in [-0.1, -0.05) is 24.3 Å². The molecule has 0 radical (unpaired) electrons. The van der Waals surface area contributed by atoms with Crippen molar-refractivity contribution >= 4 is 17.5 Å². The van der Waals surface area contributed by atoms with Crippen LogP contribution >= 0.6 is 0 Å². The van der Waals surface area contributed by atoms with Crippen molar-refractivity contribution in [1.82, 2.24) is 4.57 Å². The summed E-state index contributed by atoms with van der Waals surface area (Å²) in [5.41, 5.74) is 1.17. The molecule has 0 aliphatic heterocycles. The Labute approximate surface area is 114 Å². The number of nitrogens with zero attached hydrogens (tertiary/aromatic N) is 1. The van der Waals surface area contributed by atoms with Gasteiger partial charge in [0.2, 0.25) is 5.78 Å². The zero-order valence-electron chi connectivity index (χ0n) is 11.0. The Morgan fingerprint density at radius 2 is 1.70 bits per heavy atom. The van der Waals surface area contributed by atoms with Crippen LogP contribution in [0.2, 0.25) is 0 Å². The van der Waals surface area contributed by atoms with E-state index in [0.717, 1.165) is 0 Å². The second-order valence-corrected chi connectivity index (χ2v) is 4.57. The largest absolute Gasteiger partial charge is 0.465 e. The van der Waals surface area contributed by atoms with E-state index in [-0.39, 0.29) is 28.4 Å². The zero-order valence-corrected chi connectivity index (χ0v) is 11.0. The van der Waals surface area contributed by atoms with Gasteiger partial charge in [-0.3, -0.25) is 9.59 Å². The third-order valence-corrected chi connectivity index (χ3v) is 3.45. The molecule has 0 atom stereocenters. The fraction of sp³-hybridized carbons (Fsp3) is 0.133. The van der Waals surface area contributed by atoms with Gasteiger partial charge in [0.1, 0.15) is 5.69 Å². The lowest BCUT2D eigenvalue weighted by atomic mass is 9.86. The molecule has 0 saturated heterocycles. The van der Waals surface area contributed by atoms with Crippen molar-refractivity contribution in [2.24, 2.45) is 7.05 Å². The van der Waals surface area contributed by atoms with Crippen LogP contribution in [-0.4, -0.2) is 29.2 Å². The van der Waals surface area contributed by atoms with Gasteiger partial charge >= 0.3 is 5.97 Å². The van der Waals surface area contributed by atoms with E-state index < -0.39 is 5.97 Å². The molecule has 1 heterocycles. The Bertz CT molecular complexity index is 770. The first-order chi connectivity index (χ1) is 9.56. The molecule has 0 spiro atoms. The minimum absolute atomic E-state index is 0.123. The number of aromatic nitrogens is 1. The molecule has 100 valence electrons. The van der Waals surface area contributed by atoms with Gasteiger partial charge in [-0.15, -0.1) is 0 Å². The average molecular weight is 269 g/mol. The smallest absolute Gasteiger partial charge is 0.340 e. The number of hydrogen-bond acceptors (Lipinski definition) is 4. The lowest BCUT2D eigenvalue weighted by molar-refractivity contribution is 0.0597. The summed E-state index contributed by atoms with van der Waals surface area (Å²) in [6, 6.07) is 6.60. The van der Waals surface area contributed by atoms with E-state index in [2.05, 4.69) is 4.74 Å². The van der Waals surface area contributed by atoms with Crippen LogP contribution in [0.1, 0.15) is 42.3 Å². The van der Waals surface area contributed by atoms with E-state index in [1.54, 1.807) is 31.3 Å². The van der Waals surface area contributed by atoms with Gasteiger partial charge < -0.3 is 9.30 Å². The Balaban J connectivity index is 2.32. The SMILES string of the molecule is COC(=O)c1cn(C)c2c1C(=O)c1ccccc1C2=O. The first-order valence-electron chi connectivity index (χ1n) is 6.02. The lowest BCUT2D eigenvalue weighted by Gasteiger charge is -2.15. The van der Waals surface area contributed by atoms with Crippen molar-refractivity contribution < 1.29 is 19.1 Å². The Hall–Kier alpha value is -2.69. The van der Waals surface area contributed by atoms with E-state index >= 15 is 0 Å². The van der Waals surface area contributed by atoms with E-state index in [4.69, 9.17) is 0 Å². The number of carbonyl (C=O) groups excluding carboxylic acids is 3. The summed E-state index contributed by atoms with van der Waals surface area (Å²) in [6.07, 6.45) is 1.46. The van der Waals surface area contributed by atoms with Crippen molar-refractivity contribution in [2.45, 2.75) is 0 Å². The molecule has 0 amide bonds. The highest BCUT2D eigenvalue weighted by molar-refractivity contribution is 6.30. The number of carbonyl (C=O) groups is 3. The van der Waals surface area contributed by atoms with Crippen LogP contribution in [0.3, 0.4) is 0 Å². The molecule has 1 aromatic heterocycles. The molecule has 0 saturated carbocycles. The number of fused-ring (bicyclic) bond motifs is 2. The number of esters is 1. The fourth-order valence-corrected chi connectivity index (χ4v) is 2.54. The highest BCUT2D eigenvalue weighted by atomic mass is 16.5. The maximum Gasteiger partial charge on any atom is 0.340 e. The van der Waals surface area contributed by atoms with Crippen LogP contribution in [0.5, 0.6) is 0 Å². The average Bonchev–Trinajstić information content (AvgIpc) is 2.82. The van der Waals surface area contributed by atoms with Crippen LogP contribution in [0.25, 0.3) is 0 Å². The first-order valence-corrected chi connectivity index (χ1v) is 6.02. The molecule has 1 aliphatic carbocycles. The van der Waals surface area contributed by atoms with Gasteiger partial charge in [-0.25, -0.2) is 4.79 Å². The van der Waals surface area contributed by atoms with Crippen molar-refractivity contribution in [3.05, 3.63) is 58.4 Å². The van der Waals surface area contributed by atoms with E-state index in [0.29, 0.717) is 11.1 Å². The van der Waals surface area contributed by atoms with Gasteiger partial charge in [0.05, 0.1) is 18.2 Å². The van der Waals surface area contributed by atoms with Gasteiger partial charge in [0.15, 0.2) is 5.78 Å². The third kappa shape index (κ3) is 1.46. The van der Waals surface area contributed by atoms with Crippen molar-refractivity contribution in [2.75, 3.05) is 7.11 Å². The Morgan fingerprint density at radius 3 is 2.30 bits per heavy atom. The van der Waals surface area contributed by atoms with E-state index in [1.807, 2.05) is 0 Å². The number of ketones is 2. The molecule has 3 rings (SSSR count). The normalized spacial score (nSPS) is 12.9. The van der Waals surface area contributed by atoms with Gasteiger partial charge in [0.25, 0.3) is 0 Å². The first kappa shape index (κ1) is 12.3. The summed E-state index contributed by atoms with van der Waals surface area (Å²) in [7, 11) is 2.87. The standard InChI is InChI=1S/C15H11NO4/c1-16-7-10(15(19)20-2)11-12(16)14(18)9-6-4-3-5-8(9)13(11)17/h3-7H,1-2H3. The molecule has 0 fully saturated rings. The number of benzene rings is 1. The molecule has 0 bridgehead atoms. The third-order valence-electron chi connectivity index (χ3n) is 3.45. The van der Waals surface area contributed by atoms with Gasteiger partial charge in [-0.05, 0) is 0 Å². The summed E-state index contributed by atoms with van der Waals surface area (Å²) in [4.78, 5) is 36.8. The lowest BCUT2D eigenvalue weighted by Crippen LogP contribution is -2.23. The van der Waals surface area contributed by atoms with Gasteiger partial charge in [-0.2, -0.15) is 0 Å².